The van der Waals surface area contributed by atoms with E-state index < -0.39 is 6.04 Å². The molecule has 2 aromatic carbocycles. The minimum absolute atomic E-state index is 0.533. The van der Waals surface area contributed by atoms with Crippen molar-refractivity contribution in [2.75, 3.05) is 19.5 Å². The zero-order valence-electron chi connectivity index (χ0n) is 11.8. The molecule has 0 fully saturated rings. The number of benzene rings is 2. The van der Waals surface area contributed by atoms with Gasteiger partial charge in [-0.25, -0.2) is 0 Å². The lowest BCUT2D eigenvalue weighted by molar-refractivity contribution is 0.351. The Hall–Kier alpha value is -2.38. The van der Waals surface area contributed by atoms with Crippen LogP contribution in [0, 0.1) is 11.3 Å². The minimum atomic E-state index is -0.602. The van der Waals surface area contributed by atoms with Gasteiger partial charge in [-0.3, -0.25) is 0 Å². The molecule has 0 bridgehead atoms. The highest BCUT2D eigenvalue weighted by Gasteiger charge is 2.19. The molecule has 0 aliphatic heterocycles. The first-order valence-electron chi connectivity index (χ1n) is 6.32. The summed E-state index contributed by atoms with van der Waals surface area (Å²) in [6.45, 7) is 0. The number of para-hydroxylation sites is 2. The summed E-state index contributed by atoms with van der Waals surface area (Å²) in [5.41, 5.74) is 1.38. The standard InChI is InChI=1S/C16H15ClN2O2/c1-20-15-9-5-6-11(16(15)21-2)14(10-18)19-13-8-4-3-7-12(13)17/h3-9,14,19H,1-2H3. The first-order valence-corrected chi connectivity index (χ1v) is 6.70. The van der Waals surface area contributed by atoms with Crippen LogP contribution >= 0.6 is 11.6 Å². The van der Waals surface area contributed by atoms with Gasteiger partial charge in [0.25, 0.3) is 0 Å². The SMILES string of the molecule is COc1cccc(C(C#N)Nc2ccccc2Cl)c1OC. The fourth-order valence-electron chi connectivity index (χ4n) is 2.05. The molecule has 1 N–H and O–H groups in total. The third-order valence-corrected chi connectivity index (χ3v) is 3.38. The molecule has 0 amide bonds. The summed E-state index contributed by atoms with van der Waals surface area (Å²) in [6, 6.07) is 14.3. The van der Waals surface area contributed by atoms with Crippen molar-refractivity contribution in [1.82, 2.24) is 0 Å². The largest absolute Gasteiger partial charge is 0.493 e. The number of nitrogens with zero attached hydrogens (tertiary/aromatic N) is 1. The maximum absolute atomic E-state index is 9.46. The molecule has 1 unspecified atom stereocenters. The molecule has 5 heteroatoms. The van der Waals surface area contributed by atoms with Gasteiger partial charge in [0.15, 0.2) is 11.5 Å². The summed E-state index contributed by atoms with van der Waals surface area (Å²) in [5.74, 6) is 1.11. The van der Waals surface area contributed by atoms with Crippen molar-refractivity contribution in [2.45, 2.75) is 6.04 Å². The van der Waals surface area contributed by atoms with Gasteiger partial charge in [-0.05, 0) is 18.2 Å². The molecule has 2 rings (SSSR count). The zero-order chi connectivity index (χ0) is 15.2. The van der Waals surface area contributed by atoms with Crippen molar-refractivity contribution < 1.29 is 9.47 Å². The minimum Gasteiger partial charge on any atom is -0.493 e. The Morgan fingerprint density at radius 1 is 1.10 bits per heavy atom. The van der Waals surface area contributed by atoms with E-state index in [1.54, 1.807) is 26.4 Å². The van der Waals surface area contributed by atoms with Gasteiger partial charge in [-0.2, -0.15) is 5.26 Å². The smallest absolute Gasteiger partial charge is 0.167 e. The maximum atomic E-state index is 9.46. The number of nitrogens with one attached hydrogen (secondary N) is 1. The Balaban J connectivity index is 2.39. The van der Waals surface area contributed by atoms with E-state index in [9.17, 15) is 5.26 Å². The highest BCUT2D eigenvalue weighted by molar-refractivity contribution is 6.33. The van der Waals surface area contributed by atoms with Crippen molar-refractivity contribution in [3.05, 3.63) is 53.1 Å². The van der Waals surface area contributed by atoms with Crippen LogP contribution in [0.4, 0.5) is 5.69 Å². The number of methoxy groups -OCH3 is 2. The molecule has 0 heterocycles. The van der Waals surface area contributed by atoms with E-state index in [1.807, 2.05) is 30.3 Å². The summed E-state index contributed by atoms with van der Waals surface area (Å²) in [5, 5.41) is 13.1. The molecular weight excluding hydrogens is 288 g/mol. The van der Waals surface area contributed by atoms with Crippen LogP contribution in [0.3, 0.4) is 0 Å². The van der Waals surface area contributed by atoms with Crippen LogP contribution in [0.5, 0.6) is 11.5 Å². The second kappa shape index (κ2) is 6.87. The highest BCUT2D eigenvalue weighted by atomic mass is 35.5. The lowest BCUT2D eigenvalue weighted by Gasteiger charge is -2.18. The van der Waals surface area contributed by atoms with Gasteiger partial charge in [-0.1, -0.05) is 35.9 Å². The average Bonchev–Trinajstić information content (AvgIpc) is 2.53. The number of rotatable bonds is 5. The Morgan fingerprint density at radius 3 is 2.48 bits per heavy atom. The molecule has 108 valence electrons. The number of ether oxygens (including phenoxy) is 2. The van der Waals surface area contributed by atoms with Gasteiger partial charge in [0.2, 0.25) is 0 Å². The van der Waals surface area contributed by atoms with Gasteiger partial charge < -0.3 is 14.8 Å². The molecule has 0 spiro atoms. The van der Waals surface area contributed by atoms with Crippen molar-refractivity contribution in [1.29, 1.82) is 5.26 Å². The first kappa shape index (κ1) is 15.0. The number of halogens is 1. The van der Waals surface area contributed by atoms with Crippen molar-refractivity contribution in [3.8, 4) is 17.6 Å². The maximum Gasteiger partial charge on any atom is 0.167 e. The predicted octanol–water partition coefficient (Wildman–Crippen LogP) is 4.03. The zero-order valence-corrected chi connectivity index (χ0v) is 12.5. The number of hydrogen-bond acceptors (Lipinski definition) is 4. The molecule has 0 aliphatic rings. The number of nitriles is 1. The van der Waals surface area contributed by atoms with Gasteiger partial charge in [0, 0.05) is 5.56 Å². The molecule has 0 radical (unpaired) electrons. The molecule has 0 saturated heterocycles. The van der Waals surface area contributed by atoms with Crippen LogP contribution < -0.4 is 14.8 Å². The molecule has 4 nitrogen and oxygen atoms in total. The third-order valence-electron chi connectivity index (χ3n) is 3.05. The molecular formula is C16H15ClN2O2. The second-order valence-electron chi connectivity index (χ2n) is 4.27. The lowest BCUT2D eigenvalue weighted by Crippen LogP contribution is -2.10. The topological polar surface area (TPSA) is 54.3 Å². The molecule has 21 heavy (non-hydrogen) atoms. The fraction of sp³-hybridized carbons (Fsp3) is 0.188. The highest BCUT2D eigenvalue weighted by Crippen LogP contribution is 2.36. The normalized spacial score (nSPS) is 11.3. The van der Waals surface area contributed by atoms with E-state index in [0.29, 0.717) is 27.8 Å². The summed E-state index contributed by atoms with van der Waals surface area (Å²) in [4.78, 5) is 0. The van der Waals surface area contributed by atoms with Crippen LogP contribution in [0.1, 0.15) is 11.6 Å². The monoisotopic (exact) mass is 302 g/mol. The Morgan fingerprint density at radius 2 is 1.86 bits per heavy atom. The molecule has 2 aromatic rings. The van der Waals surface area contributed by atoms with Gasteiger partial charge in [0.1, 0.15) is 6.04 Å². The number of hydrogen-bond donors (Lipinski definition) is 1. The van der Waals surface area contributed by atoms with Gasteiger partial charge in [0.05, 0.1) is 31.0 Å². The summed E-state index contributed by atoms with van der Waals surface area (Å²) >= 11 is 6.12. The van der Waals surface area contributed by atoms with E-state index in [2.05, 4.69) is 11.4 Å². The second-order valence-corrected chi connectivity index (χ2v) is 4.68. The molecule has 0 aliphatic carbocycles. The lowest BCUT2D eigenvalue weighted by atomic mass is 10.1. The van der Waals surface area contributed by atoms with Crippen molar-refractivity contribution in [2.24, 2.45) is 0 Å². The van der Waals surface area contributed by atoms with Crippen LogP contribution in [0.25, 0.3) is 0 Å². The van der Waals surface area contributed by atoms with E-state index in [1.165, 1.54) is 0 Å². The Labute approximate surface area is 128 Å². The first-order chi connectivity index (χ1) is 10.2. The number of anilines is 1. The van der Waals surface area contributed by atoms with Crippen LogP contribution in [0.15, 0.2) is 42.5 Å². The fourth-order valence-corrected chi connectivity index (χ4v) is 2.24. The van der Waals surface area contributed by atoms with Crippen molar-refractivity contribution >= 4 is 17.3 Å². The molecule has 1 atom stereocenters. The molecule has 0 saturated carbocycles. The quantitative estimate of drug-likeness (QED) is 0.906. The van der Waals surface area contributed by atoms with E-state index in [-0.39, 0.29) is 0 Å². The average molecular weight is 303 g/mol. The Kier molecular flexibility index (Phi) is 4.91. The Bertz CT molecular complexity index is 668. The summed E-state index contributed by atoms with van der Waals surface area (Å²) < 4.78 is 10.6. The van der Waals surface area contributed by atoms with E-state index in [0.717, 1.165) is 0 Å². The van der Waals surface area contributed by atoms with Gasteiger partial charge >= 0.3 is 0 Å². The van der Waals surface area contributed by atoms with Crippen molar-refractivity contribution in [3.63, 3.8) is 0 Å². The van der Waals surface area contributed by atoms with E-state index in [4.69, 9.17) is 21.1 Å². The third kappa shape index (κ3) is 3.21. The van der Waals surface area contributed by atoms with E-state index >= 15 is 0 Å². The van der Waals surface area contributed by atoms with Crippen LogP contribution in [0.2, 0.25) is 5.02 Å². The molecule has 0 aromatic heterocycles. The summed E-state index contributed by atoms with van der Waals surface area (Å²) in [6.07, 6.45) is 0. The predicted molar refractivity (Wildman–Crippen MR) is 83.0 cm³/mol. The summed E-state index contributed by atoms with van der Waals surface area (Å²) in [7, 11) is 3.11. The van der Waals surface area contributed by atoms with Crippen LogP contribution in [-0.2, 0) is 0 Å². The van der Waals surface area contributed by atoms with Crippen LogP contribution in [-0.4, -0.2) is 14.2 Å². The van der Waals surface area contributed by atoms with Gasteiger partial charge in [-0.15, -0.1) is 0 Å².